The van der Waals surface area contributed by atoms with Crippen molar-refractivity contribution in [1.82, 2.24) is 9.55 Å². The van der Waals surface area contributed by atoms with Crippen LogP contribution >= 0.6 is 15.9 Å². The third-order valence-electron chi connectivity index (χ3n) is 3.63. The van der Waals surface area contributed by atoms with Gasteiger partial charge in [-0.05, 0) is 17.0 Å². The van der Waals surface area contributed by atoms with Gasteiger partial charge in [-0.15, -0.1) is 0 Å². The van der Waals surface area contributed by atoms with Gasteiger partial charge in [-0.3, -0.25) is 19.1 Å². The van der Waals surface area contributed by atoms with Gasteiger partial charge in [0, 0.05) is 6.20 Å². The van der Waals surface area contributed by atoms with Gasteiger partial charge in [-0.2, -0.15) is 0 Å². The second-order valence-corrected chi connectivity index (χ2v) is 6.33. The normalized spacial score (nSPS) is 21.8. The minimum Gasteiger partial charge on any atom is -0.459 e. The topological polar surface area (TPSA) is 126 Å². The maximum absolute atomic E-state index is 12.0. The zero-order valence-corrected chi connectivity index (χ0v) is 15.4. The monoisotopic (exact) mass is 417 g/mol. The molecule has 0 spiro atoms. The van der Waals surface area contributed by atoms with Crippen LogP contribution in [0.25, 0.3) is 6.08 Å². The summed E-state index contributed by atoms with van der Waals surface area (Å²) in [5, 5.41) is 0. The van der Waals surface area contributed by atoms with Crippen LogP contribution in [0.4, 0.5) is 0 Å². The second kappa shape index (κ2) is 8.56. The Balaban J connectivity index is 2.01. The minimum absolute atomic E-state index is 0.0497. The Labute approximate surface area is 151 Å². The molecular formula is C15H20BrN3O6. The number of halogens is 1. The second-order valence-electron chi connectivity index (χ2n) is 5.80. The van der Waals surface area contributed by atoms with Crippen LogP contribution in [0.2, 0.25) is 0 Å². The molecule has 1 saturated heterocycles. The van der Waals surface area contributed by atoms with Crippen molar-refractivity contribution < 1.29 is 19.0 Å². The predicted octanol–water partition coefficient (Wildman–Crippen LogP) is 0.300. The summed E-state index contributed by atoms with van der Waals surface area (Å²) in [6.45, 7) is 3.56. The van der Waals surface area contributed by atoms with E-state index >= 15 is 0 Å². The quantitative estimate of drug-likeness (QED) is 0.637. The van der Waals surface area contributed by atoms with Crippen molar-refractivity contribution in [2.45, 2.75) is 32.4 Å². The van der Waals surface area contributed by atoms with E-state index in [2.05, 4.69) is 20.9 Å². The van der Waals surface area contributed by atoms with Gasteiger partial charge in [0.05, 0.1) is 12.2 Å². The molecule has 10 heteroatoms. The van der Waals surface area contributed by atoms with E-state index < -0.39 is 35.8 Å². The van der Waals surface area contributed by atoms with Gasteiger partial charge in [0.25, 0.3) is 5.56 Å². The number of nitrogens with one attached hydrogen (secondary N) is 1. The van der Waals surface area contributed by atoms with Crippen molar-refractivity contribution in [2.75, 3.05) is 13.2 Å². The molecule has 1 aromatic rings. The van der Waals surface area contributed by atoms with Gasteiger partial charge < -0.3 is 19.9 Å². The summed E-state index contributed by atoms with van der Waals surface area (Å²) in [4.78, 5) is 39.1. The number of nitrogens with two attached hydrogens (primary N) is 1. The summed E-state index contributed by atoms with van der Waals surface area (Å²) in [5.41, 5.74) is 4.84. The fraction of sp³-hybridized carbons (Fsp3) is 0.533. The zero-order valence-electron chi connectivity index (χ0n) is 13.8. The summed E-state index contributed by atoms with van der Waals surface area (Å²) in [6, 6.07) is -0.724. The van der Waals surface area contributed by atoms with Crippen LogP contribution in [0.5, 0.6) is 0 Å². The molecule has 2 rings (SSSR count). The minimum atomic E-state index is -0.817. The molecule has 0 aliphatic carbocycles. The summed E-state index contributed by atoms with van der Waals surface area (Å²) >= 11 is 3.08. The Bertz CT molecular complexity index is 756. The third-order valence-corrected chi connectivity index (χ3v) is 3.90. The molecule has 25 heavy (non-hydrogen) atoms. The average molecular weight is 418 g/mol. The summed E-state index contributed by atoms with van der Waals surface area (Å²) in [7, 11) is 0. The van der Waals surface area contributed by atoms with Crippen LogP contribution in [0.15, 0.2) is 20.8 Å². The highest BCUT2D eigenvalue weighted by Crippen LogP contribution is 2.20. The van der Waals surface area contributed by atoms with Crippen molar-refractivity contribution in [1.29, 1.82) is 0 Å². The first kappa shape index (κ1) is 19.6. The fourth-order valence-corrected chi connectivity index (χ4v) is 2.38. The predicted molar refractivity (Wildman–Crippen MR) is 92.9 cm³/mol. The highest BCUT2D eigenvalue weighted by molar-refractivity contribution is 9.11. The highest BCUT2D eigenvalue weighted by atomic mass is 79.9. The first-order chi connectivity index (χ1) is 11.8. The molecule has 1 unspecified atom stereocenters. The van der Waals surface area contributed by atoms with Crippen LogP contribution < -0.4 is 17.0 Å². The molecule has 138 valence electrons. The molecule has 3 atom stereocenters. The van der Waals surface area contributed by atoms with Crippen molar-refractivity contribution in [3.8, 4) is 0 Å². The van der Waals surface area contributed by atoms with Gasteiger partial charge in [0.2, 0.25) is 0 Å². The van der Waals surface area contributed by atoms with Crippen molar-refractivity contribution in [2.24, 2.45) is 11.7 Å². The number of carbonyl (C=O) groups is 1. The Morgan fingerprint density at radius 2 is 2.28 bits per heavy atom. The maximum Gasteiger partial charge on any atom is 0.330 e. The van der Waals surface area contributed by atoms with E-state index in [1.54, 1.807) is 0 Å². The molecule has 3 N–H and O–H groups in total. The highest BCUT2D eigenvalue weighted by Gasteiger charge is 2.30. The van der Waals surface area contributed by atoms with Crippen LogP contribution in [0, 0.1) is 5.92 Å². The molecule has 1 fully saturated rings. The van der Waals surface area contributed by atoms with E-state index in [1.165, 1.54) is 21.8 Å². The van der Waals surface area contributed by atoms with Crippen LogP contribution in [0.3, 0.4) is 0 Å². The largest absolute Gasteiger partial charge is 0.459 e. The lowest BCUT2D eigenvalue weighted by Gasteiger charge is -2.17. The molecule has 0 aromatic carbocycles. The van der Waals surface area contributed by atoms with Gasteiger partial charge in [0.1, 0.15) is 12.6 Å². The van der Waals surface area contributed by atoms with Gasteiger partial charge in [-0.25, -0.2) is 4.79 Å². The molecule has 0 bridgehead atoms. The van der Waals surface area contributed by atoms with Crippen molar-refractivity contribution in [3.05, 3.63) is 37.6 Å². The van der Waals surface area contributed by atoms with Crippen molar-refractivity contribution in [3.63, 3.8) is 0 Å². The molecule has 2 heterocycles. The maximum atomic E-state index is 12.0. The number of rotatable bonds is 6. The molecule has 1 aromatic heterocycles. The summed E-state index contributed by atoms with van der Waals surface area (Å²) in [6.07, 6.45) is 1.31. The number of aromatic amines is 1. The fourth-order valence-electron chi connectivity index (χ4n) is 2.10. The number of H-pyrrole nitrogens is 1. The smallest absolute Gasteiger partial charge is 0.330 e. The first-order valence-corrected chi connectivity index (χ1v) is 8.56. The number of esters is 1. The van der Waals surface area contributed by atoms with E-state index in [0.29, 0.717) is 0 Å². The van der Waals surface area contributed by atoms with Crippen LogP contribution in [-0.2, 0) is 19.0 Å². The van der Waals surface area contributed by atoms with Gasteiger partial charge in [0.15, 0.2) is 12.5 Å². The first-order valence-electron chi connectivity index (χ1n) is 7.65. The number of carbonyl (C=O) groups excluding carboxylic acids is 1. The van der Waals surface area contributed by atoms with Gasteiger partial charge in [-0.1, -0.05) is 29.8 Å². The molecule has 1 aliphatic heterocycles. The Morgan fingerprint density at radius 3 is 2.92 bits per heavy atom. The van der Waals surface area contributed by atoms with E-state index in [4.69, 9.17) is 19.9 Å². The van der Waals surface area contributed by atoms with Gasteiger partial charge >= 0.3 is 11.7 Å². The molecule has 0 amide bonds. The van der Waals surface area contributed by atoms with Crippen LogP contribution in [-0.4, -0.2) is 41.1 Å². The third kappa shape index (κ3) is 4.88. The standard InChI is InChI=1S/C15H20BrN3O6/c1-8(2)12(17)14(21)24-7-11-23-6-10(25-11)19-5-9(3-4-16)13(20)18-15(19)22/h3-5,8,10-12H,6-7,17H2,1-2H3,(H,18,20,22)/b4-3+/t10-,11-,12?/m0/s1. The van der Waals surface area contributed by atoms with Crippen molar-refractivity contribution >= 4 is 28.0 Å². The lowest BCUT2D eigenvalue weighted by atomic mass is 10.1. The number of nitrogens with zero attached hydrogens (tertiary/aromatic N) is 1. The Hall–Kier alpha value is -1.75. The molecule has 9 nitrogen and oxygen atoms in total. The number of hydrogen-bond acceptors (Lipinski definition) is 7. The molecule has 0 radical (unpaired) electrons. The lowest BCUT2D eigenvalue weighted by Crippen LogP contribution is -2.38. The number of hydrogen-bond donors (Lipinski definition) is 2. The summed E-state index contributed by atoms with van der Waals surface area (Å²) in [5.74, 6) is -0.595. The van der Waals surface area contributed by atoms with Crippen LogP contribution in [0.1, 0.15) is 25.6 Å². The Morgan fingerprint density at radius 1 is 1.56 bits per heavy atom. The van der Waals surface area contributed by atoms with E-state index in [9.17, 15) is 14.4 Å². The zero-order chi connectivity index (χ0) is 18.6. The van der Waals surface area contributed by atoms with E-state index in [1.807, 2.05) is 13.8 Å². The number of aromatic nitrogens is 2. The molecule has 0 saturated carbocycles. The molecular weight excluding hydrogens is 398 g/mol. The number of ether oxygens (including phenoxy) is 3. The SMILES string of the molecule is CC(C)C(N)C(=O)OC[C@H]1OC[C@@H](n2cc(/C=C/Br)c(=O)[nH]c2=O)O1. The van der Waals surface area contributed by atoms with E-state index in [0.717, 1.165) is 0 Å². The average Bonchev–Trinajstić information content (AvgIpc) is 3.03. The molecule has 1 aliphatic rings. The van der Waals surface area contributed by atoms with E-state index in [-0.39, 0.29) is 24.7 Å². The Kier molecular flexibility index (Phi) is 6.71. The lowest BCUT2D eigenvalue weighted by molar-refractivity contribution is -0.161. The summed E-state index contributed by atoms with van der Waals surface area (Å²) < 4.78 is 17.2.